The lowest BCUT2D eigenvalue weighted by atomic mass is 10.1. The molecule has 1 saturated heterocycles. The van der Waals surface area contributed by atoms with E-state index in [4.69, 9.17) is 0 Å². The molecule has 0 spiro atoms. The number of hydrogen-bond donors (Lipinski definition) is 0. The smallest absolute Gasteiger partial charge is 0.222 e. The maximum absolute atomic E-state index is 11.5. The molecule has 1 aliphatic carbocycles. The SMILES string of the molecule is O=C1C=CC2=NC(CCN3CCCC3=O)SC2=C1. The summed E-state index contributed by atoms with van der Waals surface area (Å²) in [4.78, 5) is 30.2. The predicted octanol–water partition coefficient (Wildman–Crippen LogP) is 1.54. The maximum atomic E-state index is 11.5. The number of rotatable bonds is 3. The van der Waals surface area contributed by atoms with Gasteiger partial charge in [0.25, 0.3) is 0 Å². The fraction of sp³-hybridized carbons (Fsp3) is 0.462. The molecule has 0 aromatic heterocycles. The van der Waals surface area contributed by atoms with Crippen LogP contribution in [0.2, 0.25) is 0 Å². The maximum Gasteiger partial charge on any atom is 0.222 e. The molecule has 0 aromatic carbocycles. The van der Waals surface area contributed by atoms with Crippen LogP contribution in [0.15, 0.2) is 28.1 Å². The number of allylic oxidation sites excluding steroid dienone is 4. The summed E-state index contributed by atoms with van der Waals surface area (Å²) >= 11 is 1.63. The zero-order chi connectivity index (χ0) is 12.5. The molecule has 18 heavy (non-hydrogen) atoms. The molecule has 0 bridgehead atoms. The molecule has 1 atom stereocenters. The highest BCUT2D eigenvalue weighted by atomic mass is 32.2. The number of ketones is 1. The second-order valence-corrected chi connectivity index (χ2v) is 5.82. The van der Waals surface area contributed by atoms with Gasteiger partial charge in [0.05, 0.1) is 5.71 Å². The van der Waals surface area contributed by atoms with Crippen LogP contribution in [0.25, 0.3) is 0 Å². The van der Waals surface area contributed by atoms with Crippen LogP contribution in [-0.2, 0) is 9.59 Å². The molecule has 0 saturated carbocycles. The van der Waals surface area contributed by atoms with Gasteiger partial charge >= 0.3 is 0 Å². The van der Waals surface area contributed by atoms with Gasteiger partial charge in [-0.3, -0.25) is 14.6 Å². The van der Waals surface area contributed by atoms with E-state index in [1.165, 1.54) is 0 Å². The lowest BCUT2D eigenvalue weighted by Gasteiger charge is -2.16. The van der Waals surface area contributed by atoms with E-state index in [0.717, 1.165) is 36.5 Å². The summed E-state index contributed by atoms with van der Waals surface area (Å²) in [5, 5.41) is 0.148. The summed E-state index contributed by atoms with van der Waals surface area (Å²) in [5.41, 5.74) is 0.914. The Bertz CT molecular complexity index is 493. The van der Waals surface area contributed by atoms with Crippen LogP contribution in [0.5, 0.6) is 0 Å². The van der Waals surface area contributed by atoms with Crippen molar-refractivity contribution < 1.29 is 9.59 Å². The van der Waals surface area contributed by atoms with Gasteiger partial charge in [-0.25, -0.2) is 0 Å². The first-order valence-electron chi connectivity index (χ1n) is 6.19. The van der Waals surface area contributed by atoms with Crippen LogP contribution < -0.4 is 0 Å². The number of thioether (sulfide) groups is 1. The number of likely N-dealkylation sites (tertiary alicyclic amines) is 1. The Labute approximate surface area is 110 Å². The Balaban J connectivity index is 1.58. The zero-order valence-corrected chi connectivity index (χ0v) is 10.8. The highest BCUT2D eigenvalue weighted by Crippen LogP contribution is 2.35. The number of carbonyl (C=O) groups excluding carboxylic acids is 2. The summed E-state index contributed by atoms with van der Waals surface area (Å²) in [5.74, 6) is 0.296. The quantitative estimate of drug-likeness (QED) is 0.725. The number of amides is 1. The summed E-state index contributed by atoms with van der Waals surface area (Å²) in [6.07, 6.45) is 7.51. The lowest BCUT2D eigenvalue weighted by Crippen LogP contribution is -2.27. The van der Waals surface area contributed by atoms with Crippen molar-refractivity contribution in [2.45, 2.75) is 24.6 Å². The third-order valence-electron chi connectivity index (χ3n) is 3.29. The van der Waals surface area contributed by atoms with Gasteiger partial charge in [0.2, 0.25) is 5.91 Å². The van der Waals surface area contributed by atoms with Crippen LogP contribution in [-0.4, -0.2) is 40.8 Å². The first-order chi connectivity index (χ1) is 8.72. The van der Waals surface area contributed by atoms with E-state index in [0.29, 0.717) is 6.42 Å². The van der Waals surface area contributed by atoms with Crippen molar-refractivity contribution in [3.63, 3.8) is 0 Å². The Morgan fingerprint density at radius 1 is 1.39 bits per heavy atom. The molecule has 0 radical (unpaired) electrons. The minimum Gasteiger partial charge on any atom is -0.343 e. The van der Waals surface area contributed by atoms with Gasteiger partial charge < -0.3 is 4.90 Å². The Kier molecular flexibility index (Phi) is 3.07. The molecule has 0 N–H and O–H groups in total. The molecule has 1 amide bonds. The normalized spacial score (nSPS) is 26.4. The van der Waals surface area contributed by atoms with Gasteiger partial charge in [-0.2, -0.15) is 0 Å². The van der Waals surface area contributed by atoms with Gasteiger partial charge in [-0.1, -0.05) is 11.8 Å². The van der Waals surface area contributed by atoms with Crippen LogP contribution in [0.4, 0.5) is 0 Å². The standard InChI is InChI=1S/C13H14N2O2S/c16-9-3-4-10-11(8-9)18-12(14-10)5-7-15-6-1-2-13(15)17/h3-4,8,12H,1-2,5-7H2. The average Bonchev–Trinajstić information content (AvgIpc) is 2.92. The van der Waals surface area contributed by atoms with E-state index in [1.807, 2.05) is 4.90 Å². The Morgan fingerprint density at radius 3 is 3.06 bits per heavy atom. The summed E-state index contributed by atoms with van der Waals surface area (Å²) in [7, 11) is 0. The highest BCUT2D eigenvalue weighted by Gasteiger charge is 2.26. The zero-order valence-electron chi connectivity index (χ0n) is 9.96. The van der Waals surface area contributed by atoms with Gasteiger partial charge in [0.15, 0.2) is 5.78 Å². The third-order valence-corrected chi connectivity index (χ3v) is 4.49. The number of fused-ring (bicyclic) bond motifs is 1. The van der Waals surface area contributed by atoms with Gasteiger partial charge in [0, 0.05) is 30.5 Å². The van der Waals surface area contributed by atoms with Crippen molar-refractivity contribution in [2.24, 2.45) is 4.99 Å². The van der Waals surface area contributed by atoms with E-state index in [-0.39, 0.29) is 17.1 Å². The molecule has 1 fully saturated rings. The van der Waals surface area contributed by atoms with Gasteiger partial charge in [-0.15, -0.1) is 0 Å². The topological polar surface area (TPSA) is 49.7 Å². The van der Waals surface area contributed by atoms with Crippen LogP contribution in [0.1, 0.15) is 19.3 Å². The van der Waals surface area contributed by atoms with Crippen molar-refractivity contribution in [2.75, 3.05) is 13.1 Å². The number of carbonyl (C=O) groups is 2. The fourth-order valence-corrected chi connectivity index (χ4v) is 3.46. The molecular formula is C13H14N2O2S. The van der Waals surface area contributed by atoms with E-state index in [1.54, 1.807) is 30.0 Å². The average molecular weight is 262 g/mol. The molecule has 3 aliphatic rings. The molecule has 1 unspecified atom stereocenters. The number of hydrogen-bond acceptors (Lipinski definition) is 4. The van der Waals surface area contributed by atoms with Crippen molar-refractivity contribution in [3.8, 4) is 0 Å². The predicted molar refractivity (Wildman–Crippen MR) is 71.5 cm³/mol. The van der Waals surface area contributed by atoms with Crippen LogP contribution in [0.3, 0.4) is 0 Å². The third kappa shape index (κ3) is 2.27. The summed E-state index contributed by atoms with van der Waals surface area (Å²) < 4.78 is 0. The molecule has 3 rings (SSSR count). The Morgan fingerprint density at radius 2 is 2.28 bits per heavy atom. The molecule has 4 nitrogen and oxygen atoms in total. The summed E-state index contributed by atoms with van der Waals surface area (Å²) in [6, 6.07) is 0. The Hall–Kier alpha value is -1.36. The van der Waals surface area contributed by atoms with E-state index >= 15 is 0 Å². The molecule has 2 heterocycles. The molecular weight excluding hydrogens is 248 g/mol. The lowest BCUT2D eigenvalue weighted by molar-refractivity contribution is -0.127. The second-order valence-electron chi connectivity index (χ2n) is 4.60. The van der Waals surface area contributed by atoms with Crippen molar-refractivity contribution in [3.05, 3.63) is 23.1 Å². The number of aliphatic imine (C=N–C) groups is 1. The molecule has 2 aliphatic heterocycles. The van der Waals surface area contributed by atoms with Crippen LogP contribution >= 0.6 is 11.8 Å². The molecule has 5 heteroatoms. The van der Waals surface area contributed by atoms with E-state index in [2.05, 4.69) is 4.99 Å². The second kappa shape index (κ2) is 4.72. The van der Waals surface area contributed by atoms with Gasteiger partial charge in [-0.05, 0) is 25.0 Å². The van der Waals surface area contributed by atoms with Crippen LogP contribution in [0, 0.1) is 0 Å². The number of nitrogens with zero attached hydrogens (tertiary/aromatic N) is 2. The van der Waals surface area contributed by atoms with Crippen molar-refractivity contribution in [1.82, 2.24) is 4.90 Å². The van der Waals surface area contributed by atoms with E-state index < -0.39 is 0 Å². The molecule has 0 aromatic rings. The monoisotopic (exact) mass is 262 g/mol. The highest BCUT2D eigenvalue weighted by molar-refractivity contribution is 8.05. The van der Waals surface area contributed by atoms with E-state index in [9.17, 15) is 9.59 Å². The van der Waals surface area contributed by atoms with Gasteiger partial charge in [0.1, 0.15) is 5.37 Å². The first kappa shape index (κ1) is 11.7. The minimum absolute atomic E-state index is 0.0341. The minimum atomic E-state index is 0.0341. The van der Waals surface area contributed by atoms with Crippen molar-refractivity contribution >= 4 is 29.2 Å². The van der Waals surface area contributed by atoms with Crippen molar-refractivity contribution in [1.29, 1.82) is 0 Å². The molecule has 94 valence electrons. The largest absolute Gasteiger partial charge is 0.343 e. The first-order valence-corrected chi connectivity index (χ1v) is 7.07. The fourth-order valence-electron chi connectivity index (χ4n) is 2.35. The summed E-state index contributed by atoms with van der Waals surface area (Å²) in [6.45, 7) is 1.66.